The zero-order chi connectivity index (χ0) is 34.2. The summed E-state index contributed by atoms with van der Waals surface area (Å²) in [7, 11) is 0. The fourth-order valence-corrected chi connectivity index (χ4v) is 10.3. The molecule has 0 spiro atoms. The van der Waals surface area contributed by atoms with Gasteiger partial charge in [-0.1, -0.05) is 127 Å². The van der Waals surface area contributed by atoms with Crippen LogP contribution in [0.4, 0.5) is 17.1 Å². The minimum Gasteiger partial charge on any atom is -0.455 e. The van der Waals surface area contributed by atoms with Gasteiger partial charge in [0.25, 0.3) is 0 Å². The van der Waals surface area contributed by atoms with E-state index < -0.39 is 0 Å². The number of para-hydroxylation sites is 2. The molecular weight excluding hydrogens is 671 g/mol. The third kappa shape index (κ3) is 4.55. The molecular formula is C48H29NOS2. The van der Waals surface area contributed by atoms with Crippen LogP contribution >= 0.6 is 22.7 Å². The van der Waals surface area contributed by atoms with Gasteiger partial charge in [-0.2, -0.15) is 0 Å². The van der Waals surface area contributed by atoms with E-state index >= 15 is 0 Å². The topological polar surface area (TPSA) is 16.4 Å². The Morgan fingerprint density at radius 3 is 1.88 bits per heavy atom. The molecule has 8 aromatic carbocycles. The summed E-state index contributed by atoms with van der Waals surface area (Å²) in [6, 6.07) is 63.6. The van der Waals surface area contributed by atoms with Crippen LogP contribution in [0, 0.1) is 0 Å². The molecule has 0 saturated heterocycles. The summed E-state index contributed by atoms with van der Waals surface area (Å²) in [5.41, 5.74) is 9.98. The molecule has 0 aliphatic rings. The molecule has 0 unspecified atom stereocenters. The van der Waals surface area contributed by atoms with E-state index in [1.807, 2.05) is 34.8 Å². The Hall–Kier alpha value is -6.20. The summed E-state index contributed by atoms with van der Waals surface area (Å²) in [6.45, 7) is 0. The van der Waals surface area contributed by atoms with Crippen LogP contribution in [-0.4, -0.2) is 0 Å². The Morgan fingerprint density at radius 1 is 0.385 bits per heavy atom. The Morgan fingerprint density at radius 2 is 1.02 bits per heavy atom. The van der Waals surface area contributed by atoms with Gasteiger partial charge in [-0.15, -0.1) is 22.7 Å². The predicted octanol–water partition coefficient (Wildman–Crippen LogP) is 15.1. The van der Waals surface area contributed by atoms with Gasteiger partial charge in [-0.3, -0.25) is 0 Å². The SMILES string of the molecule is c1ccc(-c2cccc3c2sc2c(N(c4ccc(-c5cccc6c5oc5ccccc56)cc4)c4ccc5sc6ccccc6c5c4)cccc23)cc1. The Kier molecular flexibility index (Phi) is 6.63. The molecule has 52 heavy (non-hydrogen) atoms. The first-order valence-corrected chi connectivity index (χ1v) is 19.1. The van der Waals surface area contributed by atoms with Crippen molar-refractivity contribution in [3.63, 3.8) is 0 Å². The molecule has 0 amide bonds. The Bertz CT molecular complexity index is 3130. The zero-order valence-corrected chi connectivity index (χ0v) is 29.5. The van der Waals surface area contributed by atoms with Crippen LogP contribution in [0.15, 0.2) is 180 Å². The fourth-order valence-electron chi connectivity index (χ4n) is 7.87. The second kappa shape index (κ2) is 11.7. The lowest BCUT2D eigenvalue weighted by molar-refractivity contribution is 0.670. The number of benzene rings is 8. The minimum atomic E-state index is 0.913. The van der Waals surface area contributed by atoms with Gasteiger partial charge in [0.05, 0.1) is 10.4 Å². The van der Waals surface area contributed by atoms with Crippen molar-refractivity contribution < 1.29 is 4.42 Å². The highest BCUT2D eigenvalue weighted by Gasteiger charge is 2.21. The van der Waals surface area contributed by atoms with E-state index in [0.29, 0.717) is 0 Å². The third-order valence-electron chi connectivity index (χ3n) is 10.3. The molecule has 0 N–H and O–H groups in total. The van der Waals surface area contributed by atoms with E-state index in [0.717, 1.165) is 44.4 Å². The molecule has 0 saturated carbocycles. The van der Waals surface area contributed by atoms with Crippen LogP contribution in [0.2, 0.25) is 0 Å². The van der Waals surface area contributed by atoms with Crippen molar-refractivity contribution in [3.05, 3.63) is 176 Å². The quantitative estimate of drug-likeness (QED) is 0.178. The first-order chi connectivity index (χ1) is 25.8. The smallest absolute Gasteiger partial charge is 0.143 e. The molecule has 11 rings (SSSR count). The van der Waals surface area contributed by atoms with E-state index in [9.17, 15) is 0 Å². The number of rotatable bonds is 5. The summed E-state index contributed by atoms with van der Waals surface area (Å²) in [5, 5.41) is 7.43. The molecule has 0 bridgehead atoms. The van der Waals surface area contributed by atoms with E-state index in [4.69, 9.17) is 4.42 Å². The lowest BCUT2D eigenvalue weighted by Gasteiger charge is -2.26. The molecule has 0 atom stereocenters. The monoisotopic (exact) mass is 699 g/mol. The van der Waals surface area contributed by atoms with Gasteiger partial charge in [0, 0.05) is 63.4 Å². The van der Waals surface area contributed by atoms with Crippen molar-refractivity contribution >= 4 is 102 Å². The van der Waals surface area contributed by atoms with Crippen LogP contribution in [0.1, 0.15) is 0 Å². The molecule has 0 aliphatic carbocycles. The van der Waals surface area contributed by atoms with Crippen molar-refractivity contribution in [1.82, 2.24) is 0 Å². The largest absolute Gasteiger partial charge is 0.455 e. The molecule has 244 valence electrons. The second-order valence-electron chi connectivity index (χ2n) is 13.2. The average molecular weight is 700 g/mol. The first-order valence-electron chi connectivity index (χ1n) is 17.5. The number of thiophene rings is 2. The molecule has 3 heterocycles. The zero-order valence-electron chi connectivity index (χ0n) is 27.9. The number of hydrogen-bond acceptors (Lipinski definition) is 4. The van der Waals surface area contributed by atoms with Crippen molar-refractivity contribution in [2.45, 2.75) is 0 Å². The lowest BCUT2D eigenvalue weighted by atomic mass is 10.0. The second-order valence-corrected chi connectivity index (χ2v) is 15.4. The number of fused-ring (bicyclic) bond motifs is 9. The predicted molar refractivity (Wildman–Crippen MR) is 225 cm³/mol. The van der Waals surface area contributed by atoms with E-state index in [1.165, 1.54) is 57.2 Å². The maximum atomic E-state index is 6.43. The van der Waals surface area contributed by atoms with Gasteiger partial charge >= 0.3 is 0 Å². The van der Waals surface area contributed by atoms with Crippen LogP contribution in [0.3, 0.4) is 0 Å². The van der Waals surface area contributed by atoms with E-state index in [2.05, 4.69) is 169 Å². The molecule has 11 aromatic rings. The molecule has 0 aliphatic heterocycles. The van der Waals surface area contributed by atoms with Gasteiger partial charge in [-0.25, -0.2) is 0 Å². The molecule has 0 radical (unpaired) electrons. The maximum Gasteiger partial charge on any atom is 0.143 e. The summed E-state index contributed by atoms with van der Waals surface area (Å²) in [5.74, 6) is 0. The molecule has 2 nitrogen and oxygen atoms in total. The van der Waals surface area contributed by atoms with Gasteiger partial charge in [0.1, 0.15) is 11.2 Å². The minimum absolute atomic E-state index is 0.913. The normalized spacial score (nSPS) is 11.8. The first kappa shape index (κ1) is 29.5. The molecule has 0 fully saturated rings. The number of furan rings is 1. The number of nitrogens with zero attached hydrogens (tertiary/aromatic N) is 1. The van der Waals surface area contributed by atoms with Gasteiger partial charge in [-0.05, 0) is 65.2 Å². The average Bonchev–Trinajstić information content (AvgIpc) is 3.90. The summed E-state index contributed by atoms with van der Waals surface area (Å²) in [6.07, 6.45) is 0. The van der Waals surface area contributed by atoms with E-state index in [-0.39, 0.29) is 0 Å². The molecule has 3 aromatic heterocycles. The highest BCUT2D eigenvalue weighted by Crippen LogP contribution is 2.48. The lowest BCUT2D eigenvalue weighted by Crippen LogP contribution is -2.10. The molecule has 4 heteroatoms. The standard InChI is InChI=1S/C48H29NOS2/c1-2-11-30(12-3-1)35-16-9-18-39-40-19-10-20-42(48(40)52-47(35)39)49(33-27-28-45-41(29-33)37-14-5-7-22-44(37)51-45)32-25-23-31(24-26-32)34-15-8-17-38-36-13-4-6-21-43(36)50-46(34)38/h1-29H. The number of hydrogen-bond donors (Lipinski definition) is 0. The van der Waals surface area contributed by atoms with Crippen molar-refractivity contribution in [1.29, 1.82) is 0 Å². The van der Waals surface area contributed by atoms with Crippen molar-refractivity contribution in [3.8, 4) is 22.3 Å². The van der Waals surface area contributed by atoms with Crippen molar-refractivity contribution in [2.75, 3.05) is 4.90 Å². The fraction of sp³-hybridized carbons (Fsp3) is 0. The van der Waals surface area contributed by atoms with Gasteiger partial charge in [0.2, 0.25) is 0 Å². The van der Waals surface area contributed by atoms with Crippen LogP contribution in [0.5, 0.6) is 0 Å². The van der Waals surface area contributed by atoms with Crippen molar-refractivity contribution in [2.24, 2.45) is 0 Å². The maximum absolute atomic E-state index is 6.43. The summed E-state index contributed by atoms with van der Waals surface area (Å²) >= 11 is 3.74. The third-order valence-corrected chi connectivity index (χ3v) is 12.7. The highest BCUT2D eigenvalue weighted by molar-refractivity contribution is 7.27. The summed E-state index contributed by atoms with van der Waals surface area (Å²) < 4.78 is 11.6. The number of anilines is 3. The summed E-state index contributed by atoms with van der Waals surface area (Å²) in [4.78, 5) is 2.44. The van der Waals surface area contributed by atoms with Crippen LogP contribution in [0.25, 0.3) is 84.5 Å². The van der Waals surface area contributed by atoms with Gasteiger partial charge in [0.15, 0.2) is 0 Å². The Labute approximate surface area is 308 Å². The van der Waals surface area contributed by atoms with E-state index in [1.54, 1.807) is 0 Å². The van der Waals surface area contributed by atoms with Gasteiger partial charge < -0.3 is 9.32 Å². The van der Waals surface area contributed by atoms with Crippen LogP contribution in [-0.2, 0) is 0 Å². The Balaban J connectivity index is 1.12. The van der Waals surface area contributed by atoms with Crippen LogP contribution < -0.4 is 4.90 Å². The highest BCUT2D eigenvalue weighted by atomic mass is 32.1.